The zero-order chi connectivity index (χ0) is 79.8. The minimum atomic E-state index is -0.139. The molecule has 1 spiro atoms. The summed E-state index contributed by atoms with van der Waals surface area (Å²) in [6.45, 7) is 25.5. The van der Waals surface area contributed by atoms with Gasteiger partial charge in [-0.1, -0.05) is 6.92 Å². The van der Waals surface area contributed by atoms with Gasteiger partial charge in [-0.05, 0) is 179 Å². The molecule has 36 heteroatoms. The number of anilines is 4. The molecular weight excluding hydrogens is 1470 g/mol. The summed E-state index contributed by atoms with van der Waals surface area (Å²) in [6.07, 6.45) is 11.1. The summed E-state index contributed by atoms with van der Waals surface area (Å²) in [6, 6.07) is 37.6. The highest BCUT2D eigenvalue weighted by Crippen LogP contribution is 2.39. The average molecular weight is 1560 g/mol. The number of nitrogens with zero attached hydrogens (tertiary/aromatic N) is 30. The summed E-state index contributed by atoms with van der Waals surface area (Å²) in [5.74, 6) is 2.58. The van der Waals surface area contributed by atoms with Crippen molar-refractivity contribution < 1.29 is 0 Å². The first-order chi connectivity index (χ1) is 56.1. The third-order valence-electron chi connectivity index (χ3n) is 21.8. The number of hydrogen-bond donors (Lipinski definition) is 2. The smallest absolute Gasteiger partial charge is 0.258 e. The second-order valence-corrected chi connectivity index (χ2v) is 30.6. The first-order valence-corrected chi connectivity index (χ1v) is 39.0. The van der Waals surface area contributed by atoms with Crippen LogP contribution in [0.25, 0.3) is 90.7 Å². The van der Waals surface area contributed by atoms with Crippen LogP contribution in [0.2, 0.25) is 0 Å². The van der Waals surface area contributed by atoms with Crippen molar-refractivity contribution in [3.05, 3.63) is 211 Å². The van der Waals surface area contributed by atoms with Crippen LogP contribution in [0.1, 0.15) is 63.3 Å². The van der Waals surface area contributed by atoms with E-state index in [0.29, 0.717) is 132 Å². The normalized spacial score (nSPS) is 17.6. The van der Waals surface area contributed by atoms with Crippen LogP contribution in [0, 0.1) is 27.7 Å². The van der Waals surface area contributed by atoms with Crippen LogP contribution in [0.3, 0.4) is 0 Å². The number of piperazine rings is 3. The molecule has 1 saturated carbocycles. The van der Waals surface area contributed by atoms with E-state index in [1.165, 1.54) is 55.6 Å². The van der Waals surface area contributed by atoms with E-state index in [1.807, 2.05) is 143 Å². The van der Waals surface area contributed by atoms with Gasteiger partial charge in [-0.3, -0.25) is 36.8 Å². The third-order valence-corrected chi connectivity index (χ3v) is 21.8. The van der Waals surface area contributed by atoms with E-state index in [2.05, 4.69) is 156 Å². The molecular formula is C80H86N32O4. The Bertz CT molecular complexity index is 6540. The molecule has 16 aromatic heterocycles. The minimum absolute atomic E-state index is 0.125. The summed E-state index contributed by atoms with van der Waals surface area (Å²) in [7, 11) is 4.22. The molecule has 4 saturated heterocycles. The Morgan fingerprint density at radius 1 is 0.379 bits per heavy atom. The maximum absolute atomic E-state index is 12.8. The summed E-state index contributed by atoms with van der Waals surface area (Å²) in [5, 5.41) is 41.8. The maximum Gasteiger partial charge on any atom is 0.258 e. The number of nitrogens with one attached hydrogen (secondary N) is 2. The van der Waals surface area contributed by atoms with Gasteiger partial charge in [0.2, 0.25) is 0 Å². The molecule has 2 N–H and O–H groups in total. The molecule has 5 fully saturated rings. The van der Waals surface area contributed by atoms with Crippen LogP contribution in [0.15, 0.2) is 165 Å². The Labute approximate surface area is 662 Å². The molecule has 0 bridgehead atoms. The standard InChI is InChI=1S/C20H20N8O.3C20H22N8O/c1-13-22-18-5-3-15(25-28(18)24-13)16-10-19(29)27-11-14(2-4-17(27)23-16)26-9-8-21-20(12-26)6-7-20;1-12-9-26(10-13(2)21-12)15-4-6-18-23-17(8-20(29)27(18)11-15)16-5-7-19-22-14(3)24-28(19)25-16;1-13-21-19-7-5-16(24-28(19)23-13)17-10-20(29)27-12-15(4-6-18(27)22-17)26-9-8-14(11-26)25(2)3;1-3-25-8-10-26(11-9-25)15-4-6-18-22-17(12-20(29)27(18)13-15)16-5-7-19-21-14(2)23-28(19)24-16/h2-5,10-11,21H,6-9,12H2,1H3;4-8,11-13,21H,9-10H2,1-3H3;4-7,10,12,14H,8-9,11H2,1-3H3;4-7,12-13H,3,8-11H2,1-2H3/t;12-,13-;14-;/m.01./s1. The zero-order valence-electron chi connectivity index (χ0n) is 65.7. The number of likely N-dealkylation sites (N-methyl/N-ethyl adjacent to an activating group) is 2. The van der Waals surface area contributed by atoms with E-state index in [4.69, 9.17) is 0 Å². The van der Waals surface area contributed by atoms with E-state index in [1.54, 1.807) is 23.7 Å². The Morgan fingerprint density at radius 2 is 0.724 bits per heavy atom. The molecule has 16 aromatic rings. The van der Waals surface area contributed by atoms with Crippen molar-refractivity contribution in [1.82, 2.24) is 137 Å². The first-order valence-electron chi connectivity index (χ1n) is 39.0. The monoisotopic (exact) mass is 1560 g/mol. The highest BCUT2D eigenvalue weighted by molar-refractivity contribution is 5.66. The van der Waals surface area contributed by atoms with Crippen molar-refractivity contribution in [2.45, 2.75) is 91.4 Å². The van der Waals surface area contributed by atoms with Gasteiger partial charge in [-0.15, -0.1) is 59.3 Å². The molecule has 21 rings (SSSR count). The number of rotatable bonds is 10. The average Bonchev–Trinajstić information content (AvgIpc) is 1.40. The SMILES string of the molecule is CCN1CCN(c2ccc3nc(-c4ccc5nc(C)nn5n4)cc(=O)n3c2)CC1.Cc1nc2ccc(-c3cc(=O)n4cc(N5CCNC6(CC6)C5)ccc4n3)nn2n1.Cc1nc2ccc(-c3cc(=O)n4cc(N5CC[C@@H](N(C)C)C5)ccc4n3)nn2n1.Cc1nc2ccc(-c3cc(=O)n4cc(N5C[C@H](C)N[C@@H](C)C5)ccc4n3)nn2n1. The molecule has 116 heavy (non-hydrogen) atoms. The lowest BCUT2D eigenvalue weighted by Gasteiger charge is -2.37. The van der Waals surface area contributed by atoms with Crippen molar-refractivity contribution in [2.24, 2.45) is 0 Å². The topological polar surface area (TPSA) is 353 Å². The van der Waals surface area contributed by atoms with Gasteiger partial charge in [0.25, 0.3) is 22.2 Å². The van der Waals surface area contributed by atoms with Gasteiger partial charge in [0.1, 0.15) is 68.7 Å². The van der Waals surface area contributed by atoms with Gasteiger partial charge in [-0.25, -0.2) is 39.9 Å². The Kier molecular flexibility index (Phi) is 19.3. The van der Waals surface area contributed by atoms with E-state index >= 15 is 0 Å². The molecule has 590 valence electrons. The summed E-state index contributed by atoms with van der Waals surface area (Å²) < 4.78 is 12.3. The molecule has 36 nitrogen and oxygen atoms in total. The Morgan fingerprint density at radius 3 is 1.07 bits per heavy atom. The van der Waals surface area contributed by atoms with E-state index in [9.17, 15) is 19.2 Å². The lowest BCUT2D eigenvalue weighted by atomic mass is 10.1. The third kappa shape index (κ3) is 15.2. The van der Waals surface area contributed by atoms with Crippen LogP contribution in [0.5, 0.6) is 0 Å². The highest BCUT2D eigenvalue weighted by atomic mass is 16.1. The molecule has 5 aliphatic rings. The van der Waals surface area contributed by atoms with Crippen molar-refractivity contribution in [3.63, 3.8) is 0 Å². The van der Waals surface area contributed by atoms with E-state index in [-0.39, 0.29) is 27.8 Å². The van der Waals surface area contributed by atoms with Crippen LogP contribution in [0.4, 0.5) is 22.7 Å². The molecule has 1 aliphatic carbocycles. The molecule has 0 amide bonds. The van der Waals surface area contributed by atoms with E-state index in [0.717, 1.165) is 108 Å². The van der Waals surface area contributed by atoms with Gasteiger partial charge in [0.15, 0.2) is 22.6 Å². The fraction of sp³-hybridized carbons (Fsp3) is 0.350. The molecule has 20 heterocycles. The van der Waals surface area contributed by atoms with Gasteiger partial charge < -0.3 is 40.0 Å². The number of aromatic nitrogens is 24. The number of aryl methyl sites for hydroxylation is 4. The number of pyridine rings is 4. The van der Waals surface area contributed by atoms with Crippen molar-refractivity contribution >= 4 is 67.9 Å². The molecule has 0 radical (unpaired) electrons. The van der Waals surface area contributed by atoms with Crippen molar-refractivity contribution in [3.8, 4) is 45.6 Å². The van der Waals surface area contributed by atoms with Gasteiger partial charge in [0.05, 0.1) is 45.5 Å². The first kappa shape index (κ1) is 74.1. The van der Waals surface area contributed by atoms with Crippen molar-refractivity contribution in [2.75, 3.05) is 112 Å². The summed E-state index contributed by atoms with van der Waals surface area (Å²) >= 11 is 0. The van der Waals surface area contributed by atoms with Gasteiger partial charge >= 0.3 is 0 Å². The second kappa shape index (κ2) is 30.2. The zero-order valence-corrected chi connectivity index (χ0v) is 65.7. The predicted octanol–water partition coefficient (Wildman–Crippen LogP) is 4.84. The van der Waals surface area contributed by atoms with Crippen LogP contribution in [-0.2, 0) is 0 Å². The predicted molar refractivity (Wildman–Crippen MR) is 439 cm³/mol. The van der Waals surface area contributed by atoms with Crippen LogP contribution in [-0.4, -0.2) is 243 Å². The summed E-state index contributed by atoms with van der Waals surface area (Å²) in [4.78, 5) is 101. The largest absolute Gasteiger partial charge is 0.369 e. The fourth-order valence-electron chi connectivity index (χ4n) is 15.7. The van der Waals surface area contributed by atoms with Crippen LogP contribution < -0.4 is 52.5 Å². The lowest BCUT2D eigenvalue weighted by molar-refractivity contribution is 0.271. The maximum atomic E-state index is 12.8. The van der Waals surface area contributed by atoms with Gasteiger partial charge in [0, 0.05) is 145 Å². The van der Waals surface area contributed by atoms with Crippen molar-refractivity contribution in [1.29, 1.82) is 0 Å². The fourth-order valence-corrected chi connectivity index (χ4v) is 15.7. The van der Waals surface area contributed by atoms with Gasteiger partial charge in [-0.2, -0.15) is 0 Å². The van der Waals surface area contributed by atoms with Crippen LogP contribution >= 0.6 is 0 Å². The molecule has 0 aromatic carbocycles. The molecule has 0 unspecified atom stereocenters. The minimum Gasteiger partial charge on any atom is -0.369 e. The molecule has 4 aliphatic heterocycles. The quantitative estimate of drug-likeness (QED) is 0.185. The number of hydrogen-bond acceptors (Lipinski definition) is 28. The summed E-state index contributed by atoms with van der Waals surface area (Å²) in [5.41, 5.74) is 13.4. The Balaban J connectivity index is 0.000000107. The highest BCUT2D eigenvalue weighted by Gasteiger charge is 2.45. The molecule has 3 atom stereocenters. The lowest BCUT2D eigenvalue weighted by Crippen LogP contribution is -2.54. The second-order valence-electron chi connectivity index (χ2n) is 30.6. The number of fused-ring (bicyclic) bond motifs is 8. The Hall–Kier alpha value is -13.3. The van der Waals surface area contributed by atoms with E-state index < -0.39 is 0 Å².